The van der Waals surface area contributed by atoms with Gasteiger partial charge in [0.1, 0.15) is 12.4 Å². The molecule has 1 N–H and O–H groups in total. The molecule has 2 aromatic heterocycles. The number of aromatic nitrogens is 3. The van der Waals surface area contributed by atoms with Crippen LogP contribution in [0.5, 0.6) is 11.6 Å². The molecule has 5 rings (SSSR count). The van der Waals surface area contributed by atoms with E-state index in [1.54, 1.807) is 40.3 Å². The zero-order chi connectivity index (χ0) is 20.0. The number of methoxy groups -OCH3 is 1. The maximum Gasteiger partial charge on any atom is 0.326 e. The third kappa shape index (κ3) is 2.86. The molecule has 4 heterocycles. The fourth-order valence-corrected chi connectivity index (χ4v) is 3.68. The Balaban J connectivity index is 1.37. The number of carbonyl (C=O) groups excluding carboxylic acids is 1. The van der Waals surface area contributed by atoms with Crippen LogP contribution in [-0.2, 0) is 13.2 Å². The fraction of sp³-hybridized carbons (Fsp3) is 0.250. The third-order valence-electron chi connectivity index (χ3n) is 5.20. The van der Waals surface area contributed by atoms with Crippen LogP contribution in [0.15, 0.2) is 36.5 Å². The van der Waals surface area contributed by atoms with Crippen LogP contribution in [0.25, 0.3) is 11.1 Å². The molecule has 0 atom stereocenters. The van der Waals surface area contributed by atoms with Crippen LogP contribution in [0.3, 0.4) is 0 Å². The van der Waals surface area contributed by atoms with Gasteiger partial charge < -0.3 is 14.4 Å². The summed E-state index contributed by atoms with van der Waals surface area (Å²) in [4.78, 5) is 20.6. The lowest BCUT2D eigenvalue weighted by Crippen LogP contribution is -2.32. The standard InChI is InChI=1S/C20H18FN5O3/c1-28-16-4-2-3-12(18(16)21)10-25-7-8-26(20(25)27)17-6-5-13-14-9-22-24-15(14)11-29-19(13)23-17/h2-6,9H,7-8,10-11H2,1H3,(H,22,24). The van der Waals surface area contributed by atoms with Gasteiger partial charge in [0.15, 0.2) is 11.6 Å². The lowest BCUT2D eigenvalue weighted by molar-refractivity contribution is 0.218. The number of nitrogens with one attached hydrogen (secondary N) is 1. The number of aromatic amines is 1. The second-order valence-corrected chi connectivity index (χ2v) is 6.86. The number of carbonyl (C=O) groups is 1. The van der Waals surface area contributed by atoms with Gasteiger partial charge in [-0.05, 0) is 18.2 Å². The van der Waals surface area contributed by atoms with E-state index < -0.39 is 5.82 Å². The van der Waals surface area contributed by atoms with Crippen molar-refractivity contribution < 1.29 is 18.7 Å². The van der Waals surface area contributed by atoms with Crippen LogP contribution in [0, 0.1) is 5.82 Å². The van der Waals surface area contributed by atoms with Crippen LogP contribution in [-0.4, -0.2) is 46.3 Å². The topological polar surface area (TPSA) is 83.6 Å². The van der Waals surface area contributed by atoms with Gasteiger partial charge in [0.2, 0.25) is 5.88 Å². The zero-order valence-corrected chi connectivity index (χ0v) is 15.7. The van der Waals surface area contributed by atoms with Gasteiger partial charge in [-0.2, -0.15) is 10.1 Å². The summed E-state index contributed by atoms with van der Waals surface area (Å²) in [5.74, 6) is 0.700. The summed E-state index contributed by atoms with van der Waals surface area (Å²) in [5, 5.41) is 6.94. The molecule has 3 aromatic rings. The summed E-state index contributed by atoms with van der Waals surface area (Å²) in [5.41, 5.74) is 3.10. The van der Waals surface area contributed by atoms with Gasteiger partial charge in [-0.15, -0.1) is 0 Å². The molecule has 0 bridgehead atoms. The maximum atomic E-state index is 14.4. The van der Waals surface area contributed by atoms with Gasteiger partial charge in [0.25, 0.3) is 0 Å². The first-order valence-electron chi connectivity index (χ1n) is 9.20. The minimum absolute atomic E-state index is 0.165. The molecule has 148 valence electrons. The highest BCUT2D eigenvalue weighted by atomic mass is 19.1. The number of H-pyrrole nitrogens is 1. The van der Waals surface area contributed by atoms with Crippen molar-refractivity contribution in [2.45, 2.75) is 13.2 Å². The lowest BCUT2D eigenvalue weighted by atomic mass is 10.1. The smallest absolute Gasteiger partial charge is 0.326 e. The molecular weight excluding hydrogens is 377 g/mol. The van der Waals surface area contributed by atoms with Gasteiger partial charge in [0.05, 0.1) is 25.5 Å². The maximum absolute atomic E-state index is 14.4. The first-order valence-corrected chi connectivity index (χ1v) is 9.20. The molecule has 2 aliphatic heterocycles. The number of pyridine rings is 1. The van der Waals surface area contributed by atoms with E-state index in [1.165, 1.54) is 7.11 Å². The minimum atomic E-state index is -0.447. The van der Waals surface area contributed by atoms with Gasteiger partial charge >= 0.3 is 6.03 Å². The summed E-state index contributed by atoms with van der Waals surface area (Å²) in [7, 11) is 1.42. The average molecular weight is 395 g/mol. The Hall–Kier alpha value is -3.62. The summed E-state index contributed by atoms with van der Waals surface area (Å²) in [6, 6.07) is 8.36. The Morgan fingerprint density at radius 3 is 3.00 bits per heavy atom. The van der Waals surface area contributed by atoms with Crippen molar-refractivity contribution in [1.82, 2.24) is 20.1 Å². The highest BCUT2D eigenvalue weighted by molar-refractivity contribution is 5.93. The van der Waals surface area contributed by atoms with Crippen molar-refractivity contribution >= 4 is 11.8 Å². The third-order valence-corrected chi connectivity index (χ3v) is 5.20. The predicted octanol–water partition coefficient (Wildman–Crippen LogP) is 2.95. The van der Waals surface area contributed by atoms with E-state index >= 15 is 0 Å². The van der Waals surface area contributed by atoms with Crippen LogP contribution >= 0.6 is 0 Å². The number of benzene rings is 1. The number of ether oxygens (including phenoxy) is 2. The van der Waals surface area contributed by atoms with Crippen molar-refractivity contribution in [3.05, 3.63) is 53.6 Å². The van der Waals surface area contributed by atoms with Crippen LogP contribution in [0.4, 0.5) is 15.0 Å². The van der Waals surface area contributed by atoms with Crippen molar-refractivity contribution in [3.8, 4) is 22.8 Å². The first-order chi connectivity index (χ1) is 14.2. The second kappa shape index (κ2) is 6.77. The molecule has 0 spiro atoms. The summed E-state index contributed by atoms with van der Waals surface area (Å²) in [6.07, 6.45) is 1.74. The molecule has 0 aliphatic carbocycles. The number of nitrogens with zero attached hydrogens (tertiary/aromatic N) is 4. The normalized spacial score (nSPS) is 15.2. The number of urea groups is 1. The summed E-state index contributed by atoms with van der Waals surface area (Å²) < 4.78 is 25.2. The Bertz CT molecular complexity index is 1100. The molecule has 0 radical (unpaired) electrons. The van der Waals surface area contributed by atoms with E-state index in [0.717, 1.165) is 16.8 Å². The molecule has 0 saturated carbocycles. The summed E-state index contributed by atoms with van der Waals surface area (Å²) >= 11 is 0. The van der Waals surface area contributed by atoms with Crippen LogP contribution < -0.4 is 14.4 Å². The average Bonchev–Trinajstić information content (AvgIpc) is 3.36. The molecule has 2 aliphatic rings. The first kappa shape index (κ1) is 17.5. The van der Waals surface area contributed by atoms with Crippen LogP contribution in [0.2, 0.25) is 0 Å². The van der Waals surface area contributed by atoms with Gasteiger partial charge in [-0.1, -0.05) is 12.1 Å². The van der Waals surface area contributed by atoms with Crippen molar-refractivity contribution in [1.29, 1.82) is 0 Å². The number of amides is 2. The molecule has 9 heteroatoms. The van der Waals surface area contributed by atoms with Crippen molar-refractivity contribution in [2.75, 3.05) is 25.1 Å². The molecule has 8 nitrogen and oxygen atoms in total. The quantitative estimate of drug-likeness (QED) is 0.734. The molecule has 29 heavy (non-hydrogen) atoms. The van der Waals surface area contributed by atoms with E-state index in [1.807, 2.05) is 6.07 Å². The van der Waals surface area contributed by atoms with E-state index in [2.05, 4.69) is 15.2 Å². The molecule has 1 fully saturated rings. The Labute approximate surface area is 165 Å². The molecule has 0 unspecified atom stereocenters. The minimum Gasteiger partial charge on any atom is -0.494 e. The van der Waals surface area contributed by atoms with Crippen molar-refractivity contribution in [2.24, 2.45) is 0 Å². The molecule has 2 amide bonds. The van der Waals surface area contributed by atoms with E-state index in [9.17, 15) is 9.18 Å². The SMILES string of the molecule is COc1cccc(CN2CCN(c3ccc4c(n3)OCc3[nH]ncc3-4)C2=O)c1F. The number of hydrogen-bond donors (Lipinski definition) is 1. The largest absolute Gasteiger partial charge is 0.494 e. The highest BCUT2D eigenvalue weighted by Gasteiger charge is 2.32. The van der Waals surface area contributed by atoms with Gasteiger partial charge in [-0.3, -0.25) is 10.00 Å². The zero-order valence-electron chi connectivity index (χ0n) is 15.7. The second-order valence-electron chi connectivity index (χ2n) is 6.86. The lowest BCUT2D eigenvalue weighted by Gasteiger charge is -2.21. The Morgan fingerprint density at radius 2 is 2.14 bits per heavy atom. The number of anilines is 1. The van der Waals surface area contributed by atoms with Gasteiger partial charge in [0, 0.05) is 29.8 Å². The molecular formula is C20H18FN5O3. The molecule has 1 aromatic carbocycles. The van der Waals surface area contributed by atoms with Gasteiger partial charge in [-0.25, -0.2) is 9.18 Å². The highest BCUT2D eigenvalue weighted by Crippen LogP contribution is 2.37. The van der Waals surface area contributed by atoms with E-state index in [4.69, 9.17) is 9.47 Å². The number of fused-ring (bicyclic) bond motifs is 3. The summed E-state index contributed by atoms with van der Waals surface area (Å²) in [6.45, 7) is 1.46. The Kier molecular flexibility index (Phi) is 4.08. The van der Waals surface area contributed by atoms with Crippen LogP contribution in [0.1, 0.15) is 11.3 Å². The van der Waals surface area contributed by atoms with Crippen molar-refractivity contribution in [3.63, 3.8) is 0 Å². The van der Waals surface area contributed by atoms with E-state index in [0.29, 0.717) is 37.0 Å². The molecule has 1 saturated heterocycles. The van der Waals surface area contributed by atoms with E-state index in [-0.39, 0.29) is 18.3 Å². The number of hydrogen-bond acceptors (Lipinski definition) is 5. The number of halogens is 1. The monoisotopic (exact) mass is 395 g/mol. The number of rotatable bonds is 4. The Morgan fingerprint density at radius 1 is 1.24 bits per heavy atom. The predicted molar refractivity (Wildman–Crippen MR) is 102 cm³/mol. The fourth-order valence-electron chi connectivity index (χ4n) is 3.68.